The van der Waals surface area contributed by atoms with E-state index in [1.165, 1.54) is 0 Å². The quantitative estimate of drug-likeness (QED) is 0.553. The van der Waals surface area contributed by atoms with Gasteiger partial charge in [-0.2, -0.15) is 0 Å². The number of H-pyrrole nitrogens is 2. The summed E-state index contributed by atoms with van der Waals surface area (Å²) in [5.41, 5.74) is 3.94. The minimum Gasteiger partial charge on any atom is -0.338 e. The van der Waals surface area contributed by atoms with Crippen molar-refractivity contribution in [2.24, 2.45) is 0 Å². The molecule has 2 aliphatic rings. The fourth-order valence-corrected chi connectivity index (χ4v) is 2.49. The molecule has 0 amide bonds. The van der Waals surface area contributed by atoms with E-state index >= 15 is 0 Å². The van der Waals surface area contributed by atoms with E-state index < -0.39 is 0 Å². The molecule has 2 aromatic rings. The highest BCUT2D eigenvalue weighted by Gasteiger charge is 2.18. The van der Waals surface area contributed by atoms with Crippen molar-refractivity contribution >= 4 is 11.0 Å². The number of aromatic nitrogens is 3. The van der Waals surface area contributed by atoms with Crippen molar-refractivity contribution < 1.29 is 0 Å². The molecule has 2 heterocycles. The molecule has 96 valence electrons. The lowest BCUT2D eigenvalue weighted by molar-refractivity contribution is 1.29. The molecular weight excluding hydrogens is 250 g/mol. The van der Waals surface area contributed by atoms with Gasteiger partial charge in [0.05, 0.1) is 16.6 Å². The van der Waals surface area contributed by atoms with E-state index in [-0.39, 0.29) is 5.56 Å². The number of para-hydroxylation sites is 2. The summed E-state index contributed by atoms with van der Waals surface area (Å²) >= 11 is 0. The average Bonchev–Trinajstić information content (AvgIpc) is 2.92. The first-order valence-corrected chi connectivity index (χ1v) is 6.39. The van der Waals surface area contributed by atoms with Crippen molar-refractivity contribution in [3.8, 4) is 22.6 Å². The van der Waals surface area contributed by atoms with Crippen LogP contribution in [0.2, 0.25) is 0 Å². The molecule has 0 atom stereocenters. The number of rotatable bonds is 1. The van der Waals surface area contributed by atoms with Crippen molar-refractivity contribution in [2.45, 2.75) is 0 Å². The van der Waals surface area contributed by atoms with Crippen LogP contribution in [0.4, 0.5) is 0 Å². The molecular formula is C16H11N3O. The van der Waals surface area contributed by atoms with E-state index in [0.717, 1.165) is 22.3 Å². The highest BCUT2D eigenvalue weighted by atomic mass is 16.1. The maximum absolute atomic E-state index is 12.2. The lowest BCUT2D eigenvalue weighted by atomic mass is 10.1. The number of imidazole rings is 1. The van der Waals surface area contributed by atoms with E-state index in [1.807, 2.05) is 54.6 Å². The van der Waals surface area contributed by atoms with Gasteiger partial charge in [0, 0.05) is 11.3 Å². The summed E-state index contributed by atoms with van der Waals surface area (Å²) in [6.45, 7) is 0. The number of nitrogens with one attached hydrogen (secondary N) is 2. The van der Waals surface area contributed by atoms with Crippen LogP contribution in [0, 0.1) is 0 Å². The van der Waals surface area contributed by atoms with Crippen LogP contribution in [-0.4, -0.2) is 15.0 Å². The fraction of sp³-hybridized carbons (Fsp3) is 0. The first kappa shape index (κ1) is 11.0. The molecule has 0 saturated carbocycles. The van der Waals surface area contributed by atoms with Gasteiger partial charge in [-0.1, -0.05) is 36.4 Å². The second-order valence-corrected chi connectivity index (χ2v) is 4.67. The first-order valence-electron chi connectivity index (χ1n) is 6.39. The van der Waals surface area contributed by atoms with E-state index in [1.54, 1.807) is 0 Å². The number of aromatic amines is 2. The Hall–Kier alpha value is -2.88. The summed E-state index contributed by atoms with van der Waals surface area (Å²) < 4.78 is 0. The van der Waals surface area contributed by atoms with Crippen LogP contribution < -0.4 is 5.56 Å². The molecule has 0 spiro atoms. The molecule has 1 aliphatic heterocycles. The highest BCUT2D eigenvalue weighted by Crippen LogP contribution is 2.28. The number of fused-ring (bicyclic) bond motifs is 2. The SMILES string of the molecule is O=c1[nH]c2cccccc-2c1-c1nc2ccccc2[nH]1. The van der Waals surface area contributed by atoms with Crippen molar-refractivity contribution in [3.63, 3.8) is 0 Å². The molecule has 0 radical (unpaired) electrons. The Labute approximate surface area is 114 Å². The third kappa shape index (κ3) is 1.55. The molecule has 0 saturated heterocycles. The lowest BCUT2D eigenvalue weighted by Crippen LogP contribution is -2.01. The summed E-state index contributed by atoms with van der Waals surface area (Å²) in [5.74, 6) is 0.605. The van der Waals surface area contributed by atoms with Gasteiger partial charge in [0.25, 0.3) is 5.56 Å². The van der Waals surface area contributed by atoms with Gasteiger partial charge in [-0.05, 0) is 18.2 Å². The third-order valence-electron chi connectivity index (χ3n) is 3.41. The van der Waals surface area contributed by atoms with Crippen molar-refractivity contribution in [1.82, 2.24) is 15.0 Å². The van der Waals surface area contributed by atoms with Crippen LogP contribution in [-0.2, 0) is 0 Å². The van der Waals surface area contributed by atoms with Crippen molar-refractivity contribution in [2.75, 3.05) is 0 Å². The van der Waals surface area contributed by atoms with Crippen LogP contribution in [0.5, 0.6) is 0 Å². The molecule has 4 heteroatoms. The number of nitrogens with zero attached hydrogens (tertiary/aromatic N) is 1. The maximum Gasteiger partial charge on any atom is 0.260 e. The van der Waals surface area contributed by atoms with Gasteiger partial charge in [-0.15, -0.1) is 0 Å². The molecule has 0 fully saturated rings. The minimum absolute atomic E-state index is 0.120. The molecule has 4 nitrogen and oxygen atoms in total. The topological polar surface area (TPSA) is 61.5 Å². The van der Waals surface area contributed by atoms with Gasteiger partial charge in [-0.3, -0.25) is 4.79 Å². The molecule has 4 rings (SSSR count). The van der Waals surface area contributed by atoms with E-state index in [0.29, 0.717) is 11.4 Å². The summed E-state index contributed by atoms with van der Waals surface area (Å²) in [6.07, 6.45) is 0. The summed E-state index contributed by atoms with van der Waals surface area (Å²) in [5, 5.41) is 0. The first-order chi connectivity index (χ1) is 9.83. The molecule has 1 aromatic carbocycles. The Bertz CT molecular complexity index is 903. The fourth-order valence-electron chi connectivity index (χ4n) is 2.49. The number of benzene rings is 1. The van der Waals surface area contributed by atoms with E-state index in [4.69, 9.17) is 0 Å². The molecule has 1 aliphatic carbocycles. The smallest absolute Gasteiger partial charge is 0.260 e. The summed E-state index contributed by atoms with van der Waals surface area (Å²) in [6, 6.07) is 17.3. The molecule has 0 unspecified atom stereocenters. The van der Waals surface area contributed by atoms with Gasteiger partial charge in [0.2, 0.25) is 0 Å². The standard InChI is InChI=1S/C16H11N3O/c20-16-14(10-6-2-1-3-7-11(10)19-16)15-17-12-8-4-5-9-13(12)18-15/h1-9H,(H,17,18)(H,19,20). The van der Waals surface area contributed by atoms with Gasteiger partial charge < -0.3 is 9.97 Å². The highest BCUT2D eigenvalue weighted by molar-refractivity contribution is 5.85. The molecule has 0 bridgehead atoms. The largest absolute Gasteiger partial charge is 0.338 e. The van der Waals surface area contributed by atoms with Crippen molar-refractivity contribution in [1.29, 1.82) is 0 Å². The Morgan fingerprint density at radius 2 is 1.65 bits per heavy atom. The Kier molecular flexibility index (Phi) is 2.23. The van der Waals surface area contributed by atoms with E-state index in [2.05, 4.69) is 15.0 Å². The zero-order valence-electron chi connectivity index (χ0n) is 10.6. The van der Waals surface area contributed by atoms with Gasteiger partial charge in [0.1, 0.15) is 5.82 Å². The normalized spacial score (nSPS) is 11.2. The number of hydrogen-bond acceptors (Lipinski definition) is 2. The monoisotopic (exact) mass is 261 g/mol. The van der Waals surface area contributed by atoms with Gasteiger partial charge in [0.15, 0.2) is 0 Å². The third-order valence-corrected chi connectivity index (χ3v) is 3.41. The zero-order chi connectivity index (χ0) is 13.5. The van der Waals surface area contributed by atoms with E-state index in [9.17, 15) is 4.79 Å². The average molecular weight is 261 g/mol. The van der Waals surface area contributed by atoms with Crippen LogP contribution >= 0.6 is 0 Å². The molecule has 20 heavy (non-hydrogen) atoms. The Morgan fingerprint density at radius 1 is 0.850 bits per heavy atom. The van der Waals surface area contributed by atoms with Crippen LogP contribution in [0.15, 0.2) is 59.4 Å². The summed E-state index contributed by atoms with van der Waals surface area (Å²) in [4.78, 5) is 22.8. The molecule has 2 N–H and O–H groups in total. The second-order valence-electron chi connectivity index (χ2n) is 4.67. The van der Waals surface area contributed by atoms with Gasteiger partial charge >= 0.3 is 0 Å². The molecule has 1 aromatic heterocycles. The second kappa shape index (κ2) is 4.06. The predicted octanol–water partition coefficient (Wildman–Crippen LogP) is 3.02. The van der Waals surface area contributed by atoms with Crippen LogP contribution in [0.25, 0.3) is 33.7 Å². The maximum atomic E-state index is 12.2. The Morgan fingerprint density at radius 3 is 2.55 bits per heavy atom. The summed E-state index contributed by atoms with van der Waals surface area (Å²) in [7, 11) is 0. The number of hydrogen-bond donors (Lipinski definition) is 2. The van der Waals surface area contributed by atoms with Gasteiger partial charge in [-0.25, -0.2) is 4.98 Å². The predicted molar refractivity (Wildman–Crippen MR) is 78.8 cm³/mol. The lowest BCUT2D eigenvalue weighted by Gasteiger charge is -1.94. The van der Waals surface area contributed by atoms with Crippen LogP contribution in [0.1, 0.15) is 0 Å². The zero-order valence-corrected chi connectivity index (χ0v) is 10.6. The van der Waals surface area contributed by atoms with Crippen molar-refractivity contribution in [3.05, 3.63) is 65.0 Å². The Balaban J connectivity index is 2.04. The minimum atomic E-state index is -0.120. The van der Waals surface area contributed by atoms with Crippen LogP contribution in [0.3, 0.4) is 0 Å².